The summed E-state index contributed by atoms with van der Waals surface area (Å²) in [4.78, 5) is 13.3. The Balaban J connectivity index is 1.81. The molecule has 0 saturated carbocycles. The molecule has 25 heavy (non-hydrogen) atoms. The van der Waals surface area contributed by atoms with Crippen molar-refractivity contribution in [1.82, 2.24) is 9.78 Å². The number of hydrogen-bond donors (Lipinski definition) is 1. The summed E-state index contributed by atoms with van der Waals surface area (Å²) in [5.41, 5.74) is 0.608. The molecule has 0 atom stereocenters. The Morgan fingerprint density at radius 3 is 2.84 bits per heavy atom. The Morgan fingerprint density at radius 2 is 2.16 bits per heavy atom. The summed E-state index contributed by atoms with van der Waals surface area (Å²) >= 11 is 1.33. The first-order valence-electron chi connectivity index (χ1n) is 7.75. The molecule has 132 valence electrons. The quantitative estimate of drug-likeness (QED) is 0.899. The minimum absolute atomic E-state index is 0.185. The minimum atomic E-state index is -4.58. The van der Waals surface area contributed by atoms with Gasteiger partial charge in [0.1, 0.15) is 23.3 Å². The number of aromatic nitrogens is 2. The van der Waals surface area contributed by atoms with Crippen molar-refractivity contribution in [2.24, 2.45) is 0 Å². The third-order valence-electron chi connectivity index (χ3n) is 4.02. The van der Waals surface area contributed by atoms with E-state index >= 15 is 0 Å². The predicted molar refractivity (Wildman–Crippen MR) is 86.3 cm³/mol. The number of amides is 1. The highest BCUT2D eigenvalue weighted by molar-refractivity contribution is 7.16. The normalized spacial score (nSPS) is 14.0. The summed E-state index contributed by atoms with van der Waals surface area (Å²) in [5, 5.41) is 16.1. The molecule has 0 spiro atoms. The fourth-order valence-corrected chi connectivity index (χ4v) is 4.22. The number of fused-ring (bicyclic) bond motifs is 1. The monoisotopic (exact) mass is 368 g/mol. The van der Waals surface area contributed by atoms with Crippen LogP contribution >= 0.6 is 11.3 Å². The van der Waals surface area contributed by atoms with Crippen molar-refractivity contribution in [1.29, 1.82) is 5.26 Å². The van der Waals surface area contributed by atoms with Crippen molar-refractivity contribution in [3.8, 4) is 6.07 Å². The van der Waals surface area contributed by atoms with Crippen LogP contribution in [0.15, 0.2) is 6.07 Å². The lowest BCUT2D eigenvalue weighted by Gasteiger charge is -2.10. The summed E-state index contributed by atoms with van der Waals surface area (Å²) in [7, 11) is 0. The third-order valence-corrected chi connectivity index (χ3v) is 5.23. The van der Waals surface area contributed by atoms with Gasteiger partial charge in [-0.2, -0.15) is 23.5 Å². The Hall–Kier alpha value is -2.34. The molecule has 5 nitrogen and oxygen atoms in total. The topological polar surface area (TPSA) is 70.7 Å². The van der Waals surface area contributed by atoms with Crippen molar-refractivity contribution >= 4 is 22.2 Å². The summed E-state index contributed by atoms with van der Waals surface area (Å²) in [6, 6.07) is 3.01. The van der Waals surface area contributed by atoms with Crippen molar-refractivity contribution in [2.45, 2.75) is 45.3 Å². The number of nitriles is 1. The highest BCUT2D eigenvalue weighted by atomic mass is 32.1. The van der Waals surface area contributed by atoms with Gasteiger partial charge in [-0.15, -0.1) is 11.3 Å². The lowest BCUT2D eigenvalue weighted by atomic mass is 9.96. The lowest BCUT2D eigenvalue weighted by molar-refractivity contribution is -0.144. The van der Waals surface area contributed by atoms with Gasteiger partial charge in [0, 0.05) is 4.88 Å². The number of nitrogens with zero attached hydrogens (tertiary/aromatic N) is 3. The van der Waals surface area contributed by atoms with Gasteiger partial charge in [-0.1, -0.05) is 0 Å². The lowest BCUT2D eigenvalue weighted by Crippen LogP contribution is -2.23. The molecule has 2 aromatic rings. The number of nitrogens with one attached hydrogen (secondary N) is 1. The number of carbonyl (C=O) groups excluding carboxylic acids is 1. The first kappa shape index (κ1) is 17.5. The SMILES string of the molecule is Cc1cc(C(F)(F)F)n(CC(=O)Nc2sc3c(c2C#N)CCCC3)n1. The van der Waals surface area contributed by atoms with E-state index in [1.165, 1.54) is 18.3 Å². The molecule has 3 rings (SSSR count). The fourth-order valence-electron chi connectivity index (χ4n) is 2.97. The molecule has 2 heterocycles. The van der Waals surface area contributed by atoms with E-state index in [9.17, 15) is 23.2 Å². The summed E-state index contributed by atoms with van der Waals surface area (Å²) in [6.07, 6.45) is -0.899. The first-order chi connectivity index (χ1) is 11.8. The second-order valence-electron chi connectivity index (χ2n) is 5.90. The van der Waals surface area contributed by atoms with E-state index in [-0.39, 0.29) is 5.69 Å². The molecule has 2 aromatic heterocycles. The highest BCUT2D eigenvalue weighted by Crippen LogP contribution is 2.37. The van der Waals surface area contributed by atoms with Crippen LogP contribution in [-0.4, -0.2) is 15.7 Å². The Morgan fingerprint density at radius 1 is 1.44 bits per heavy atom. The van der Waals surface area contributed by atoms with Crippen LogP contribution in [0.3, 0.4) is 0 Å². The van der Waals surface area contributed by atoms with E-state index in [0.717, 1.165) is 42.2 Å². The van der Waals surface area contributed by atoms with Crippen molar-refractivity contribution in [2.75, 3.05) is 5.32 Å². The molecule has 1 aliphatic rings. The second-order valence-corrected chi connectivity index (χ2v) is 7.01. The number of halogens is 3. The molecule has 1 aliphatic carbocycles. The largest absolute Gasteiger partial charge is 0.433 e. The Kier molecular flexibility index (Phi) is 4.56. The molecule has 0 radical (unpaired) electrons. The predicted octanol–water partition coefficient (Wildman–Crippen LogP) is 3.66. The average Bonchev–Trinajstić information content (AvgIpc) is 3.06. The van der Waals surface area contributed by atoms with E-state index in [4.69, 9.17) is 0 Å². The van der Waals surface area contributed by atoms with E-state index < -0.39 is 24.3 Å². The standard InChI is InChI=1S/C16H15F3N4OS/c1-9-6-13(16(17,18)19)23(22-9)8-14(24)21-15-11(7-20)10-4-2-3-5-12(10)25-15/h6H,2-5,8H2,1H3,(H,21,24). The van der Waals surface area contributed by atoms with E-state index in [1.807, 2.05) is 0 Å². The van der Waals surface area contributed by atoms with Crippen LogP contribution in [0.5, 0.6) is 0 Å². The van der Waals surface area contributed by atoms with Crippen molar-refractivity contribution in [3.63, 3.8) is 0 Å². The second kappa shape index (κ2) is 6.52. The number of carbonyl (C=O) groups is 1. The van der Waals surface area contributed by atoms with Crippen LogP contribution in [0.1, 0.15) is 40.2 Å². The smallest absolute Gasteiger partial charge is 0.315 e. The molecule has 1 N–H and O–H groups in total. The van der Waals surface area contributed by atoms with Gasteiger partial charge in [0.25, 0.3) is 0 Å². The Labute approximate surface area is 146 Å². The van der Waals surface area contributed by atoms with Crippen molar-refractivity contribution < 1.29 is 18.0 Å². The van der Waals surface area contributed by atoms with Crippen molar-refractivity contribution in [3.05, 3.63) is 33.5 Å². The van der Waals surface area contributed by atoms with Crippen LogP contribution in [0.2, 0.25) is 0 Å². The third kappa shape index (κ3) is 3.54. The molecular weight excluding hydrogens is 353 g/mol. The minimum Gasteiger partial charge on any atom is -0.315 e. The number of rotatable bonds is 3. The zero-order chi connectivity index (χ0) is 18.2. The highest BCUT2D eigenvalue weighted by Gasteiger charge is 2.36. The fraction of sp³-hybridized carbons (Fsp3) is 0.438. The molecule has 1 amide bonds. The van der Waals surface area contributed by atoms with Gasteiger partial charge in [-0.3, -0.25) is 9.48 Å². The van der Waals surface area contributed by atoms with Gasteiger partial charge >= 0.3 is 6.18 Å². The molecule has 0 saturated heterocycles. The first-order valence-corrected chi connectivity index (χ1v) is 8.57. The van der Waals surface area contributed by atoms with E-state index in [1.54, 1.807) is 0 Å². The van der Waals surface area contributed by atoms with E-state index in [0.29, 0.717) is 15.2 Å². The molecule has 0 aliphatic heterocycles. The average molecular weight is 368 g/mol. The maximum atomic E-state index is 13.0. The maximum absolute atomic E-state index is 13.0. The van der Waals surface area contributed by atoms with Gasteiger partial charge in [0.15, 0.2) is 0 Å². The van der Waals surface area contributed by atoms with Gasteiger partial charge < -0.3 is 5.32 Å². The number of anilines is 1. The molecule has 0 unspecified atom stereocenters. The molecule has 0 fully saturated rings. The molecular formula is C16H15F3N4OS. The van der Waals surface area contributed by atoms with Gasteiger partial charge in [0.05, 0.1) is 11.3 Å². The number of alkyl halides is 3. The van der Waals surface area contributed by atoms with Crippen LogP contribution in [0, 0.1) is 18.3 Å². The van der Waals surface area contributed by atoms with Gasteiger partial charge in [-0.05, 0) is 44.2 Å². The van der Waals surface area contributed by atoms with Gasteiger partial charge in [0.2, 0.25) is 5.91 Å². The Bertz CT molecular complexity index is 860. The zero-order valence-corrected chi connectivity index (χ0v) is 14.2. The van der Waals surface area contributed by atoms with E-state index in [2.05, 4.69) is 16.5 Å². The molecule has 0 bridgehead atoms. The summed E-state index contributed by atoms with van der Waals surface area (Å²) in [5.74, 6) is -0.635. The maximum Gasteiger partial charge on any atom is 0.433 e. The van der Waals surface area contributed by atoms with Crippen LogP contribution in [0.4, 0.5) is 18.2 Å². The summed E-state index contributed by atoms with van der Waals surface area (Å²) in [6.45, 7) is 0.876. The molecule has 9 heteroatoms. The zero-order valence-electron chi connectivity index (χ0n) is 13.4. The van der Waals surface area contributed by atoms with Gasteiger partial charge in [-0.25, -0.2) is 0 Å². The van der Waals surface area contributed by atoms with Crippen LogP contribution in [-0.2, 0) is 30.4 Å². The molecule has 0 aromatic carbocycles. The number of thiophene rings is 1. The van der Waals surface area contributed by atoms with Crippen LogP contribution in [0.25, 0.3) is 0 Å². The number of aryl methyl sites for hydroxylation is 2. The summed E-state index contributed by atoms with van der Waals surface area (Å²) < 4.78 is 39.6. The van der Waals surface area contributed by atoms with Crippen LogP contribution < -0.4 is 5.32 Å². The number of hydrogen-bond acceptors (Lipinski definition) is 4.